The van der Waals surface area contributed by atoms with Gasteiger partial charge in [0.05, 0.1) is 18.8 Å². The highest BCUT2D eigenvalue weighted by atomic mass is 19.1. The van der Waals surface area contributed by atoms with Crippen molar-refractivity contribution in [3.63, 3.8) is 0 Å². The summed E-state index contributed by atoms with van der Waals surface area (Å²) in [5, 5.41) is 0. The van der Waals surface area contributed by atoms with Crippen LogP contribution >= 0.6 is 0 Å². The fourth-order valence-electron chi connectivity index (χ4n) is 0.972. The fraction of sp³-hybridized carbons (Fsp3) is 0.444. The molecule has 0 bridgehead atoms. The van der Waals surface area contributed by atoms with E-state index in [9.17, 15) is 4.39 Å². The first-order valence-corrected chi connectivity index (χ1v) is 4.17. The second-order valence-electron chi connectivity index (χ2n) is 2.70. The minimum absolute atomic E-state index is 0.303. The van der Waals surface area contributed by atoms with E-state index in [1.807, 2.05) is 6.92 Å². The van der Waals surface area contributed by atoms with Crippen LogP contribution in [0.25, 0.3) is 0 Å². The summed E-state index contributed by atoms with van der Waals surface area (Å²) < 4.78 is 17.8. The Morgan fingerprint density at radius 2 is 2.38 bits per heavy atom. The molecular formula is C9H13FN2O. The van der Waals surface area contributed by atoms with E-state index in [0.717, 1.165) is 6.20 Å². The minimum Gasteiger partial charge on any atom is -0.380 e. The van der Waals surface area contributed by atoms with E-state index in [2.05, 4.69) is 4.98 Å². The van der Waals surface area contributed by atoms with E-state index in [1.165, 1.54) is 6.07 Å². The third kappa shape index (κ3) is 3.08. The molecule has 3 nitrogen and oxygen atoms in total. The predicted octanol–water partition coefficient (Wildman–Crippen LogP) is 1.26. The van der Waals surface area contributed by atoms with E-state index < -0.39 is 0 Å². The van der Waals surface area contributed by atoms with Gasteiger partial charge in [0, 0.05) is 12.8 Å². The van der Waals surface area contributed by atoms with Crippen molar-refractivity contribution in [1.82, 2.24) is 4.98 Å². The van der Waals surface area contributed by atoms with Crippen LogP contribution in [0.2, 0.25) is 0 Å². The van der Waals surface area contributed by atoms with Crippen molar-refractivity contribution in [1.29, 1.82) is 0 Å². The highest BCUT2D eigenvalue weighted by Gasteiger charge is 2.06. The Morgan fingerprint density at radius 3 is 3.00 bits per heavy atom. The lowest BCUT2D eigenvalue weighted by Gasteiger charge is -2.10. The Morgan fingerprint density at radius 1 is 1.62 bits per heavy atom. The summed E-state index contributed by atoms with van der Waals surface area (Å²) in [5.74, 6) is -0.371. The fourth-order valence-corrected chi connectivity index (χ4v) is 0.972. The van der Waals surface area contributed by atoms with Crippen molar-refractivity contribution < 1.29 is 9.13 Å². The molecule has 72 valence electrons. The van der Waals surface area contributed by atoms with Crippen molar-refractivity contribution in [2.24, 2.45) is 5.73 Å². The first-order valence-electron chi connectivity index (χ1n) is 4.17. The third-order valence-electron chi connectivity index (χ3n) is 1.66. The van der Waals surface area contributed by atoms with Gasteiger partial charge in [0.15, 0.2) is 0 Å². The first-order chi connectivity index (χ1) is 6.24. The number of halogens is 1. The van der Waals surface area contributed by atoms with Crippen LogP contribution in [-0.2, 0) is 4.74 Å². The van der Waals surface area contributed by atoms with Crippen molar-refractivity contribution in [2.45, 2.75) is 13.0 Å². The summed E-state index contributed by atoms with van der Waals surface area (Å²) in [5.41, 5.74) is 6.38. The largest absolute Gasteiger partial charge is 0.380 e. The Hall–Kier alpha value is -1.00. The Balaban J connectivity index is 2.60. The number of hydrogen-bond acceptors (Lipinski definition) is 3. The van der Waals surface area contributed by atoms with Crippen LogP contribution in [0, 0.1) is 5.82 Å². The molecule has 0 aromatic carbocycles. The molecule has 1 aromatic heterocycles. The van der Waals surface area contributed by atoms with Gasteiger partial charge >= 0.3 is 0 Å². The van der Waals surface area contributed by atoms with Gasteiger partial charge in [0.1, 0.15) is 5.82 Å². The molecule has 0 radical (unpaired) electrons. The molecule has 0 aliphatic heterocycles. The average Bonchev–Trinajstić information content (AvgIpc) is 2.14. The van der Waals surface area contributed by atoms with Crippen LogP contribution in [0.4, 0.5) is 4.39 Å². The molecule has 0 aliphatic carbocycles. The zero-order chi connectivity index (χ0) is 9.68. The number of nitrogens with two attached hydrogens (primary N) is 1. The van der Waals surface area contributed by atoms with Crippen LogP contribution in [0.1, 0.15) is 18.5 Å². The highest BCUT2D eigenvalue weighted by Crippen LogP contribution is 2.10. The molecule has 1 atom stereocenters. The lowest BCUT2D eigenvalue weighted by Crippen LogP contribution is -2.17. The maximum atomic E-state index is 12.7. The molecule has 1 unspecified atom stereocenters. The zero-order valence-electron chi connectivity index (χ0n) is 7.53. The number of aromatic nitrogens is 1. The van der Waals surface area contributed by atoms with Crippen LogP contribution < -0.4 is 5.73 Å². The summed E-state index contributed by atoms with van der Waals surface area (Å²) >= 11 is 0. The smallest absolute Gasteiger partial charge is 0.141 e. The summed E-state index contributed by atoms with van der Waals surface area (Å²) in [7, 11) is 0. The summed E-state index contributed by atoms with van der Waals surface area (Å²) in [6.07, 6.45) is 2.70. The predicted molar refractivity (Wildman–Crippen MR) is 47.6 cm³/mol. The monoisotopic (exact) mass is 184 g/mol. The highest BCUT2D eigenvalue weighted by molar-refractivity contribution is 5.14. The van der Waals surface area contributed by atoms with E-state index >= 15 is 0 Å². The number of rotatable bonds is 4. The number of pyridine rings is 1. The molecule has 0 aliphatic rings. The maximum absolute atomic E-state index is 12.7. The van der Waals surface area contributed by atoms with Crippen molar-refractivity contribution in [3.8, 4) is 0 Å². The van der Waals surface area contributed by atoms with E-state index in [1.54, 1.807) is 6.20 Å². The minimum atomic E-state index is -0.371. The van der Waals surface area contributed by atoms with Crippen LogP contribution in [-0.4, -0.2) is 18.2 Å². The standard InChI is InChI=1S/C9H13FN2O/c1-2-13-6-9(11)7-3-8(10)5-12-4-7/h3-5,9H,2,6,11H2,1H3. The van der Waals surface area contributed by atoms with Crippen LogP contribution in [0.3, 0.4) is 0 Å². The Bertz CT molecular complexity index is 268. The molecular weight excluding hydrogens is 171 g/mol. The SMILES string of the molecule is CCOCC(N)c1cncc(F)c1. The topological polar surface area (TPSA) is 48.1 Å². The van der Waals surface area contributed by atoms with E-state index in [-0.39, 0.29) is 11.9 Å². The molecule has 2 N–H and O–H groups in total. The van der Waals surface area contributed by atoms with Gasteiger partial charge in [-0.15, -0.1) is 0 Å². The number of ether oxygens (including phenoxy) is 1. The molecule has 1 aromatic rings. The van der Waals surface area contributed by atoms with Crippen molar-refractivity contribution >= 4 is 0 Å². The normalized spacial score (nSPS) is 12.8. The summed E-state index contributed by atoms with van der Waals surface area (Å²) in [6.45, 7) is 2.88. The second kappa shape index (κ2) is 4.89. The van der Waals surface area contributed by atoms with Gasteiger partial charge in [-0.3, -0.25) is 4.98 Å². The van der Waals surface area contributed by atoms with Crippen LogP contribution in [0.15, 0.2) is 18.5 Å². The molecule has 4 heteroatoms. The van der Waals surface area contributed by atoms with E-state index in [0.29, 0.717) is 18.8 Å². The van der Waals surface area contributed by atoms with Gasteiger partial charge in [-0.25, -0.2) is 4.39 Å². The van der Waals surface area contributed by atoms with Gasteiger partial charge in [-0.05, 0) is 18.6 Å². The molecule has 0 spiro atoms. The molecule has 0 amide bonds. The maximum Gasteiger partial charge on any atom is 0.141 e. The van der Waals surface area contributed by atoms with Crippen molar-refractivity contribution in [3.05, 3.63) is 29.8 Å². The average molecular weight is 184 g/mol. The van der Waals surface area contributed by atoms with Gasteiger partial charge in [-0.2, -0.15) is 0 Å². The lowest BCUT2D eigenvalue weighted by molar-refractivity contribution is 0.133. The van der Waals surface area contributed by atoms with Crippen LogP contribution in [0.5, 0.6) is 0 Å². The Kier molecular flexibility index (Phi) is 3.79. The lowest BCUT2D eigenvalue weighted by atomic mass is 10.1. The first kappa shape index (κ1) is 10.1. The quantitative estimate of drug-likeness (QED) is 0.766. The van der Waals surface area contributed by atoms with Gasteiger partial charge < -0.3 is 10.5 Å². The summed E-state index contributed by atoms with van der Waals surface area (Å²) in [6, 6.07) is 1.07. The van der Waals surface area contributed by atoms with E-state index in [4.69, 9.17) is 10.5 Å². The zero-order valence-corrected chi connectivity index (χ0v) is 7.53. The molecule has 13 heavy (non-hydrogen) atoms. The molecule has 0 saturated carbocycles. The third-order valence-corrected chi connectivity index (χ3v) is 1.66. The number of nitrogens with zero attached hydrogens (tertiary/aromatic N) is 1. The van der Waals surface area contributed by atoms with Crippen molar-refractivity contribution in [2.75, 3.05) is 13.2 Å². The molecule has 1 rings (SSSR count). The van der Waals surface area contributed by atoms with Gasteiger partial charge in [0.25, 0.3) is 0 Å². The van der Waals surface area contributed by atoms with Gasteiger partial charge in [-0.1, -0.05) is 0 Å². The molecule has 0 saturated heterocycles. The molecule has 0 fully saturated rings. The second-order valence-corrected chi connectivity index (χ2v) is 2.70. The Labute approximate surface area is 76.7 Å². The molecule has 1 heterocycles. The number of hydrogen-bond donors (Lipinski definition) is 1. The van der Waals surface area contributed by atoms with Gasteiger partial charge in [0.2, 0.25) is 0 Å². The summed E-state index contributed by atoms with van der Waals surface area (Å²) in [4.78, 5) is 3.70.